The fourth-order valence-electron chi connectivity index (χ4n) is 1.90. The zero-order valence-electron chi connectivity index (χ0n) is 10.4. The standard InChI is InChI=1S/C15H17NO/c1-15(2,3)13-8-4-7-12(14(13)17)11-6-5-9-16-10-11/h4-10,17H,1-3H3. The fourth-order valence-corrected chi connectivity index (χ4v) is 1.90. The number of aromatic hydroxyl groups is 1. The third-order valence-electron chi connectivity index (χ3n) is 2.82. The zero-order valence-corrected chi connectivity index (χ0v) is 10.4. The van der Waals surface area contributed by atoms with Gasteiger partial charge in [-0.2, -0.15) is 0 Å². The molecule has 0 unspecified atom stereocenters. The summed E-state index contributed by atoms with van der Waals surface area (Å²) in [5, 5.41) is 10.4. The SMILES string of the molecule is CC(C)(C)c1cccc(-c2cccnc2)c1O. The maximum absolute atomic E-state index is 10.4. The van der Waals surface area contributed by atoms with Gasteiger partial charge in [0.25, 0.3) is 0 Å². The van der Waals surface area contributed by atoms with Crippen LogP contribution in [0.5, 0.6) is 5.75 Å². The van der Waals surface area contributed by atoms with Gasteiger partial charge in [0.05, 0.1) is 0 Å². The molecule has 0 aliphatic rings. The highest BCUT2D eigenvalue weighted by Crippen LogP contribution is 2.37. The van der Waals surface area contributed by atoms with Crippen molar-refractivity contribution in [3.8, 4) is 16.9 Å². The summed E-state index contributed by atoms with van der Waals surface area (Å²) >= 11 is 0. The predicted molar refractivity (Wildman–Crippen MR) is 70.0 cm³/mol. The van der Waals surface area contributed by atoms with Gasteiger partial charge in [-0.3, -0.25) is 4.98 Å². The fraction of sp³-hybridized carbons (Fsp3) is 0.267. The summed E-state index contributed by atoms with van der Waals surface area (Å²) in [5.41, 5.74) is 2.67. The summed E-state index contributed by atoms with van der Waals surface area (Å²) in [4.78, 5) is 4.08. The van der Waals surface area contributed by atoms with Gasteiger partial charge in [0, 0.05) is 23.5 Å². The first-order valence-corrected chi connectivity index (χ1v) is 5.73. The number of hydrogen-bond donors (Lipinski definition) is 1. The second-order valence-electron chi connectivity index (χ2n) is 5.19. The van der Waals surface area contributed by atoms with E-state index < -0.39 is 0 Å². The number of benzene rings is 1. The molecule has 0 fully saturated rings. The number of rotatable bonds is 1. The largest absolute Gasteiger partial charge is 0.507 e. The predicted octanol–water partition coefficient (Wildman–Crippen LogP) is 3.75. The zero-order chi connectivity index (χ0) is 12.5. The molecular weight excluding hydrogens is 210 g/mol. The highest BCUT2D eigenvalue weighted by molar-refractivity contribution is 5.71. The van der Waals surface area contributed by atoms with Crippen molar-refractivity contribution in [2.75, 3.05) is 0 Å². The van der Waals surface area contributed by atoms with E-state index in [1.54, 1.807) is 12.4 Å². The first-order valence-electron chi connectivity index (χ1n) is 5.73. The quantitative estimate of drug-likeness (QED) is 0.804. The van der Waals surface area contributed by atoms with Gasteiger partial charge in [0.15, 0.2) is 0 Å². The lowest BCUT2D eigenvalue weighted by molar-refractivity contribution is 0.448. The molecule has 88 valence electrons. The van der Waals surface area contributed by atoms with Gasteiger partial charge in [-0.15, -0.1) is 0 Å². The molecule has 0 radical (unpaired) electrons. The van der Waals surface area contributed by atoms with Crippen LogP contribution in [0.3, 0.4) is 0 Å². The number of para-hydroxylation sites is 1. The van der Waals surface area contributed by atoms with E-state index in [1.807, 2.05) is 30.3 Å². The van der Waals surface area contributed by atoms with Gasteiger partial charge in [-0.25, -0.2) is 0 Å². The summed E-state index contributed by atoms with van der Waals surface area (Å²) in [5.74, 6) is 0.355. The van der Waals surface area contributed by atoms with E-state index in [9.17, 15) is 5.11 Å². The van der Waals surface area contributed by atoms with E-state index in [-0.39, 0.29) is 5.41 Å². The molecule has 0 aliphatic carbocycles. The Balaban J connectivity index is 2.58. The van der Waals surface area contributed by atoms with Gasteiger partial charge in [-0.1, -0.05) is 45.0 Å². The van der Waals surface area contributed by atoms with Crippen LogP contribution in [-0.2, 0) is 5.41 Å². The molecule has 0 spiro atoms. The third kappa shape index (κ3) is 2.31. The maximum Gasteiger partial charge on any atom is 0.127 e. The van der Waals surface area contributed by atoms with Crippen LogP contribution < -0.4 is 0 Å². The van der Waals surface area contributed by atoms with Crippen LogP contribution >= 0.6 is 0 Å². The Bertz CT molecular complexity index is 512. The van der Waals surface area contributed by atoms with Crippen LogP contribution in [0, 0.1) is 0 Å². The Hall–Kier alpha value is -1.83. The van der Waals surface area contributed by atoms with Crippen molar-refractivity contribution in [3.05, 3.63) is 48.3 Å². The Morgan fingerprint density at radius 3 is 2.41 bits per heavy atom. The average molecular weight is 227 g/mol. The van der Waals surface area contributed by atoms with Gasteiger partial charge in [0.1, 0.15) is 5.75 Å². The second kappa shape index (κ2) is 4.21. The van der Waals surface area contributed by atoms with E-state index >= 15 is 0 Å². The molecule has 2 aromatic rings. The highest BCUT2D eigenvalue weighted by atomic mass is 16.3. The van der Waals surface area contributed by atoms with E-state index in [0.717, 1.165) is 16.7 Å². The smallest absolute Gasteiger partial charge is 0.127 e. The molecule has 0 aliphatic heterocycles. The first kappa shape index (κ1) is 11.6. The summed E-state index contributed by atoms with van der Waals surface area (Å²) in [6, 6.07) is 9.69. The molecular formula is C15H17NO. The molecule has 0 atom stereocenters. The molecule has 1 aromatic heterocycles. The molecule has 2 heteroatoms. The molecule has 0 saturated heterocycles. The maximum atomic E-state index is 10.4. The number of pyridine rings is 1. The number of aromatic nitrogens is 1. The van der Waals surface area contributed by atoms with Crippen molar-refractivity contribution in [3.63, 3.8) is 0 Å². The topological polar surface area (TPSA) is 33.1 Å². The Kier molecular flexibility index (Phi) is 2.88. The van der Waals surface area contributed by atoms with Crippen molar-refractivity contribution >= 4 is 0 Å². The van der Waals surface area contributed by atoms with Crippen LogP contribution in [0.15, 0.2) is 42.7 Å². The molecule has 0 amide bonds. The van der Waals surface area contributed by atoms with E-state index in [0.29, 0.717) is 5.75 Å². The minimum atomic E-state index is -0.0672. The molecule has 17 heavy (non-hydrogen) atoms. The normalized spacial score (nSPS) is 11.5. The number of phenolic OH excluding ortho intramolecular Hbond substituents is 1. The highest BCUT2D eigenvalue weighted by Gasteiger charge is 2.20. The Morgan fingerprint density at radius 2 is 1.82 bits per heavy atom. The molecule has 2 rings (SSSR count). The van der Waals surface area contributed by atoms with Gasteiger partial charge in [0.2, 0.25) is 0 Å². The lowest BCUT2D eigenvalue weighted by atomic mass is 9.84. The van der Waals surface area contributed by atoms with Crippen molar-refractivity contribution in [1.82, 2.24) is 4.98 Å². The van der Waals surface area contributed by atoms with Crippen molar-refractivity contribution < 1.29 is 5.11 Å². The average Bonchev–Trinajstić information content (AvgIpc) is 2.29. The van der Waals surface area contributed by atoms with Crippen molar-refractivity contribution in [2.45, 2.75) is 26.2 Å². The van der Waals surface area contributed by atoms with Crippen LogP contribution in [0.1, 0.15) is 26.3 Å². The van der Waals surface area contributed by atoms with Crippen molar-refractivity contribution in [2.24, 2.45) is 0 Å². The van der Waals surface area contributed by atoms with E-state index in [2.05, 4.69) is 25.8 Å². The Labute approximate surface area is 102 Å². The van der Waals surface area contributed by atoms with Crippen LogP contribution in [0.2, 0.25) is 0 Å². The second-order valence-corrected chi connectivity index (χ2v) is 5.19. The summed E-state index contributed by atoms with van der Waals surface area (Å²) in [6.45, 7) is 6.28. The molecule has 1 N–H and O–H groups in total. The summed E-state index contributed by atoms with van der Waals surface area (Å²) in [7, 11) is 0. The van der Waals surface area contributed by atoms with Crippen LogP contribution in [-0.4, -0.2) is 10.1 Å². The Morgan fingerprint density at radius 1 is 1.06 bits per heavy atom. The summed E-state index contributed by atoms with van der Waals surface area (Å²) < 4.78 is 0. The molecule has 2 nitrogen and oxygen atoms in total. The molecule has 0 saturated carbocycles. The monoisotopic (exact) mass is 227 g/mol. The van der Waals surface area contributed by atoms with Gasteiger partial charge in [-0.05, 0) is 17.0 Å². The number of nitrogens with zero attached hydrogens (tertiary/aromatic N) is 1. The van der Waals surface area contributed by atoms with Gasteiger partial charge >= 0.3 is 0 Å². The van der Waals surface area contributed by atoms with Crippen LogP contribution in [0.4, 0.5) is 0 Å². The van der Waals surface area contributed by atoms with Gasteiger partial charge < -0.3 is 5.11 Å². The minimum Gasteiger partial charge on any atom is -0.507 e. The van der Waals surface area contributed by atoms with Crippen LogP contribution in [0.25, 0.3) is 11.1 Å². The van der Waals surface area contributed by atoms with Crippen molar-refractivity contribution in [1.29, 1.82) is 0 Å². The molecule has 1 aromatic carbocycles. The van der Waals surface area contributed by atoms with E-state index in [1.165, 1.54) is 0 Å². The third-order valence-corrected chi connectivity index (χ3v) is 2.82. The lowest BCUT2D eigenvalue weighted by Gasteiger charge is -2.21. The molecule has 0 bridgehead atoms. The number of hydrogen-bond acceptors (Lipinski definition) is 2. The summed E-state index contributed by atoms with van der Waals surface area (Å²) in [6.07, 6.45) is 3.50. The minimum absolute atomic E-state index is 0.0672. The lowest BCUT2D eigenvalue weighted by Crippen LogP contribution is -2.11. The molecule has 1 heterocycles. The number of phenols is 1. The van der Waals surface area contributed by atoms with E-state index in [4.69, 9.17) is 0 Å². The first-order chi connectivity index (χ1) is 8.00.